The van der Waals surface area contributed by atoms with Gasteiger partial charge in [0.1, 0.15) is 25.0 Å². The van der Waals surface area contributed by atoms with Crippen molar-refractivity contribution in [1.82, 2.24) is 0 Å². The van der Waals surface area contributed by atoms with Crippen LogP contribution in [0.5, 0.6) is 0 Å². The summed E-state index contributed by atoms with van der Waals surface area (Å²) < 4.78 is 21.1. The maximum Gasteiger partial charge on any atom is 0.276 e. The summed E-state index contributed by atoms with van der Waals surface area (Å²) in [5, 5.41) is 1.96. The van der Waals surface area contributed by atoms with E-state index in [1.165, 1.54) is 25.0 Å². The lowest BCUT2D eigenvalue weighted by molar-refractivity contribution is -0.0424. The molecule has 2 aliphatic heterocycles. The lowest BCUT2D eigenvalue weighted by atomic mass is 10.2. The molecule has 3 heterocycles. The van der Waals surface area contributed by atoms with Crippen LogP contribution < -0.4 is 0 Å². The quantitative estimate of drug-likeness (QED) is 0.774. The van der Waals surface area contributed by atoms with Crippen LogP contribution in [-0.2, 0) is 18.9 Å². The van der Waals surface area contributed by atoms with Crippen molar-refractivity contribution < 1.29 is 18.9 Å². The topological polar surface area (TPSA) is 36.9 Å². The Kier molecular flexibility index (Phi) is 2.03. The molecule has 0 bridgehead atoms. The highest BCUT2D eigenvalue weighted by Crippen LogP contribution is 2.37. The highest BCUT2D eigenvalue weighted by molar-refractivity contribution is 7.10. The van der Waals surface area contributed by atoms with Gasteiger partial charge < -0.3 is 18.9 Å². The Morgan fingerprint density at radius 3 is 2.13 bits per heavy atom. The molecule has 0 spiro atoms. The summed E-state index contributed by atoms with van der Waals surface area (Å²) in [7, 11) is 0. The lowest BCUT2D eigenvalue weighted by Gasteiger charge is -2.14. The monoisotopic (exact) mass is 224 g/mol. The molecule has 0 saturated heterocycles. The molecule has 0 atom stereocenters. The van der Waals surface area contributed by atoms with Crippen LogP contribution in [0.4, 0.5) is 0 Å². The predicted octanol–water partition coefficient (Wildman–Crippen LogP) is 2.78. The van der Waals surface area contributed by atoms with Gasteiger partial charge in [-0.25, -0.2) is 0 Å². The van der Waals surface area contributed by atoms with Crippen LogP contribution in [0.1, 0.15) is 23.0 Å². The first-order chi connectivity index (χ1) is 7.45. The summed E-state index contributed by atoms with van der Waals surface area (Å²) in [5.74, 6) is 0. The first kappa shape index (κ1) is 8.67. The lowest BCUT2D eigenvalue weighted by Crippen LogP contribution is -2.04. The van der Waals surface area contributed by atoms with Crippen LogP contribution in [-0.4, -0.2) is 0 Å². The van der Waals surface area contributed by atoms with Crippen molar-refractivity contribution in [2.75, 3.05) is 0 Å². The standard InChI is InChI=1S/C10H8O4S/c1-6-15-8(10-13-4-5-14-10)7(1)9-11-2-3-12-9/h1-6,9-10H. The van der Waals surface area contributed by atoms with Gasteiger partial charge in [-0.3, -0.25) is 0 Å². The molecule has 15 heavy (non-hydrogen) atoms. The third kappa shape index (κ3) is 1.45. The van der Waals surface area contributed by atoms with E-state index in [2.05, 4.69) is 0 Å². The second kappa shape index (κ2) is 3.51. The average molecular weight is 224 g/mol. The number of hydrogen-bond acceptors (Lipinski definition) is 5. The Morgan fingerprint density at radius 2 is 1.47 bits per heavy atom. The van der Waals surface area contributed by atoms with E-state index in [1.54, 1.807) is 11.3 Å². The van der Waals surface area contributed by atoms with E-state index in [0.29, 0.717) is 0 Å². The Labute approximate surface area is 90.3 Å². The van der Waals surface area contributed by atoms with Crippen LogP contribution in [0.25, 0.3) is 0 Å². The smallest absolute Gasteiger partial charge is 0.276 e. The zero-order valence-electron chi connectivity index (χ0n) is 7.66. The van der Waals surface area contributed by atoms with Gasteiger partial charge in [0.15, 0.2) is 0 Å². The highest BCUT2D eigenvalue weighted by atomic mass is 32.1. The maximum absolute atomic E-state index is 5.27. The molecule has 0 N–H and O–H groups in total. The molecule has 1 aromatic rings. The fourth-order valence-corrected chi connectivity index (χ4v) is 2.35. The van der Waals surface area contributed by atoms with Gasteiger partial charge in [0.25, 0.3) is 12.6 Å². The fourth-order valence-electron chi connectivity index (χ4n) is 1.47. The van der Waals surface area contributed by atoms with Crippen molar-refractivity contribution in [3.05, 3.63) is 46.9 Å². The molecule has 0 aliphatic carbocycles. The Bertz CT molecular complexity index is 357. The first-order valence-corrected chi connectivity index (χ1v) is 5.32. The molecule has 2 aliphatic rings. The summed E-state index contributed by atoms with van der Waals surface area (Å²) in [6.45, 7) is 0. The van der Waals surface area contributed by atoms with Gasteiger partial charge in [0.05, 0.1) is 10.4 Å². The van der Waals surface area contributed by atoms with Crippen molar-refractivity contribution in [2.45, 2.75) is 12.6 Å². The fraction of sp³-hybridized carbons (Fsp3) is 0.200. The summed E-state index contributed by atoms with van der Waals surface area (Å²) in [6, 6.07) is 1.95. The third-order valence-corrected chi connectivity index (χ3v) is 3.07. The molecule has 4 nitrogen and oxygen atoms in total. The van der Waals surface area contributed by atoms with Crippen molar-refractivity contribution >= 4 is 11.3 Å². The molecular weight excluding hydrogens is 216 g/mol. The summed E-state index contributed by atoms with van der Waals surface area (Å²) >= 11 is 1.56. The molecule has 0 aromatic carbocycles. The predicted molar refractivity (Wildman–Crippen MR) is 52.4 cm³/mol. The maximum atomic E-state index is 5.27. The average Bonchev–Trinajstić information content (AvgIpc) is 3.01. The second-order valence-electron chi connectivity index (χ2n) is 2.99. The van der Waals surface area contributed by atoms with Crippen molar-refractivity contribution in [2.24, 2.45) is 0 Å². The van der Waals surface area contributed by atoms with Crippen molar-refractivity contribution in [1.29, 1.82) is 0 Å². The van der Waals surface area contributed by atoms with Crippen molar-refractivity contribution in [3.63, 3.8) is 0 Å². The van der Waals surface area contributed by atoms with E-state index < -0.39 is 0 Å². The molecule has 5 heteroatoms. The Balaban J connectivity index is 1.85. The molecule has 78 valence electrons. The minimum absolute atomic E-state index is 0.368. The van der Waals surface area contributed by atoms with Gasteiger partial charge in [-0.15, -0.1) is 11.3 Å². The highest BCUT2D eigenvalue weighted by Gasteiger charge is 2.27. The van der Waals surface area contributed by atoms with Crippen LogP contribution >= 0.6 is 11.3 Å². The van der Waals surface area contributed by atoms with Gasteiger partial charge in [-0.2, -0.15) is 0 Å². The molecule has 0 radical (unpaired) electrons. The zero-order chi connectivity index (χ0) is 10.1. The third-order valence-electron chi connectivity index (χ3n) is 2.11. The molecule has 0 amide bonds. The van der Waals surface area contributed by atoms with Crippen LogP contribution in [0.15, 0.2) is 36.5 Å². The summed E-state index contributed by atoms with van der Waals surface area (Å²) in [6.07, 6.45) is 5.37. The van der Waals surface area contributed by atoms with Crippen molar-refractivity contribution in [3.8, 4) is 0 Å². The summed E-state index contributed by atoms with van der Waals surface area (Å²) in [4.78, 5) is 0.966. The number of ether oxygens (including phenoxy) is 4. The second-order valence-corrected chi connectivity index (χ2v) is 3.94. The molecular formula is C10H8O4S. The van der Waals surface area contributed by atoms with E-state index in [-0.39, 0.29) is 12.6 Å². The normalized spacial score (nSPS) is 19.7. The van der Waals surface area contributed by atoms with Gasteiger partial charge in [-0.1, -0.05) is 0 Å². The van der Waals surface area contributed by atoms with E-state index >= 15 is 0 Å². The first-order valence-electron chi connectivity index (χ1n) is 4.44. The number of thiophene rings is 1. The van der Waals surface area contributed by atoms with E-state index in [0.717, 1.165) is 10.4 Å². The van der Waals surface area contributed by atoms with Crippen LogP contribution in [0, 0.1) is 0 Å². The van der Waals surface area contributed by atoms with E-state index in [9.17, 15) is 0 Å². The van der Waals surface area contributed by atoms with Gasteiger partial charge in [-0.05, 0) is 11.4 Å². The van der Waals surface area contributed by atoms with Crippen LogP contribution in [0.2, 0.25) is 0 Å². The molecule has 0 saturated carbocycles. The van der Waals surface area contributed by atoms with Gasteiger partial charge in [0, 0.05) is 0 Å². The van der Waals surface area contributed by atoms with Crippen LogP contribution in [0.3, 0.4) is 0 Å². The summed E-state index contributed by atoms with van der Waals surface area (Å²) in [5.41, 5.74) is 0.943. The molecule has 0 fully saturated rings. The molecule has 0 unspecified atom stereocenters. The minimum Gasteiger partial charge on any atom is -0.455 e. The Hall–Kier alpha value is -1.62. The Morgan fingerprint density at radius 1 is 0.867 bits per heavy atom. The molecule has 3 rings (SSSR count). The number of rotatable bonds is 2. The van der Waals surface area contributed by atoms with E-state index in [4.69, 9.17) is 18.9 Å². The molecule has 1 aromatic heterocycles. The zero-order valence-corrected chi connectivity index (χ0v) is 8.48. The van der Waals surface area contributed by atoms with E-state index in [1.807, 2.05) is 11.4 Å². The SMILES string of the molecule is C1=COC(c2ccsc2C2OC=CO2)O1. The minimum atomic E-state index is -0.376. The largest absolute Gasteiger partial charge is 0.455 e. The van der Waals surface area contributed by atoms with Gasteiger partial charge in [0.2, 0.25) is 0 Å². The number of hydrogen-bond donors (Lipinski definition) is 0. The van der Waals surface area contributed by atoms with Gasteiger partial charge >= 0.3 is 0 Å².